The number of carbonyl (C=O) groups excluding carboxylic acids is 2. The molecule has 17 heavy (non-hydrogen) atoms. The van der Waals surface area contributed by atoms with Gasteiger partial charge in [-0.2, -0.15) is 0 Å². The Morgan fingerprint density at radius 1 is 1.41 bits per heavy atom. The minimum atomic E-state index is -0.827. The molecule has 1 aliphatic rings. The summed E-state index contributed by atoms with van der Waals surface area (Å²) < 4.78 is 0. The van der Waals surface area contributed by atoms with Crippen LogP contribution in [0.1, 0.15) is 19.3 Å². The first kappa shape index (κ1) is 13.3. The van der Waals surface area contributed by atoms with Crippen LogP contribution in [0.3, 0.4) is 0 Å². The molecule has 0 aromatic carbocycles. The van der Waals surface area contributed by atoms with Gasteiger partial charge < -0.3 is 21.1 Å². The van der Waals surface area contributed by atoms with Crippen molar-refractivity contribution in [2.24, 2.45) is 11.7 Å². The largest absolute Gasteiger partial charge is 0.481 e. The molecule has 96 valence electrons. The Morgan fingerprint density at radius 2 is 2.06 bits per heavy atom. The summed E-state index contributed by atoms with van der Waals surface area (Å²) in [6, 6.07) is -0.543. The van der Waals surface area contributed by atoms with Gasteiger partial charge in [-0.05, 0) is 19.3 Å². The van der Waals surface area contributed by atoms with E-state index in [0.29, 0.717) is 19.3 Å². The van der Waals surface area contributed by atoms with Gasteiger partial charge in [0.05, 0.1) is 5.92 Å². The fraction of sp³-hybridized carbons (Fsp3) is 0.700. The third-order valence-corrected chi connectivity index (χ3v) is 2.85. The Kier molecular flexibility index (Phi) is 4.30. The summed E-state index contributed by atoms with van der Waals surface area (Å²) in [6.07, 6.45) is 1.65. The van der Waals surface area contributed by atoms with Crippen molar-refractivity contribution in [2.45, 2.75) is 25.3 Å². The lowest BCUT2D eigenvalue weighted by Gasteiger charge is -2.19. The monoisotopic (exact) mass is 243 g/mol. The second kappa shape index (κ2) is 5.51. The van der Waals surface area contributed by atoms with Crippen molar-refractivity contribution in [3.8, 4) is 0 Å². The van der Waals surface area contributed by atoms with Crippen LogP contribution in [-0.4, -0.2) is 47.5 Å². The van der Waals surface area contributed by atoms with E-state index in [1.807, 2.05) is 0 Å². The molecule has 2 unspecified atom stereocenters. The van der Waals surface area contributed by atoms with Crippen molar-refractivity contribution in [3.63, 3.8) is 0 Å². The SMILES string of the molecule is CN(CC(N)=O)C(=O)NC1CCC(C(=O)O)C1. The van der Waals surface area contributed by atoms with Crippen LogP contribution in [0.15, 0.2) is 0 Å². The van der Waals surface area contributed by atoms with Crippen LogP contribution in [-0.2, 0) is 9.59 Å². The summed E-state index contributed by atoms with van der Waals surface area (Å²) >= 11 is 0. The quantitative estimate of drug-likeness (QED) is 0.609. The zero-order chi connectivity index (χ0) is 13.0. The standard InChI is InChI=1S/C10H17N3O4/c1-13(5-8(11)14)10(17)12-7-3-2-6(4-7)9(15)16/h6-7H,2-5H2,1H3,(H2,11,14)(H,12,17)(H,15,16). The van der Waals surface area contributed by atoms with E-state index in [1.165, 1.54) is 11.9 Å². The number of nitrogens with zero attached hydrogens (tertiary/aromatic N) is 1. The van der Waals surface area contributed by atoms with Crippen LogP contribution >= 0.6 is 0 Å². The Bertz CT molecular complexity index is 332. The maximum absolute atomic E-state index is 11.6. The van der Waals surface area contributed by atoms with E-state index in [9.17, 15) is 14.4 Å². The van der Waals surface area contributed by atoms with Gasteiger partial charge in [-0.15, -0.1) is 0 Å². The number of likely N-dealkylation sites (N-methyl/N-ethyl adjacent to an activating group) is 1. The molecular weight excluding hydrogens is 226 g/mol. The molecular formula is C10H17N3O4. The molecule has 1 aliphatic carbocycles. The summed E-state index contributed by atoms with van der Waals surface area (Å²) in [5, 5.41) is 11.5. The summed E-state index contributed by atoms with van der Waals surface area (Å²) in [4.78, 5) is 34.1. The number of nitrogens with two attached hydrogens (primary N) is 1. The zero-order valence-corrected chi connectivity index (χ0v) is 9.68. The first-order chi connectivity index (χ1) is 7.90. The van der Waals surface area contributed by atoms with Gasteiger partial charge in [0, 0.05) is 13.1 Å². The van der Waals surface area contributed by atoms with E-state index in [4.69, 9.17) is 10.8 Å². The maximum Gasteiger partial charge on any atom is 0.317 e. The lowest BCUT2D eigenvalue weighted by Crippen LogP contribution is -2.45. The van der Waals surface area contributed by atoms with Crippen LogP contribution < -0.4 is 11.1 Å². The van der Waals surface area contributed by atoms with Gasteiger partial charge in [-0.1, -0.05) is 0 Å². The number of hydrogen-bond donors (Lipinski definition) is 3. The fourth-order valence-electron chi connectivity index (χ4n) is 1.93. The topological polar surface area (TPSA) is 113 Å². The van der Waals surface area contributed by atoms with Gasteiger partial charge in [0.2, 0.25) is 5.91 Å². The van der Waals surface area contributed by atoms with Gasteiger partial charge in [0.1, 0.15) is 6.54 Å². The van der Waals surface area contributed by atoms with Crippen molar-refractivity contribution in [1.29, 1.82) is 0 Å². The first-order valence-electron chi connectivity index (χ1n) is 5.43. The van der Waals surface area contributed by atoms with E-state index in [2.05, 4.69) is 5.32 Å². The second-order valence-electron chi connectivity index (χ2n) is 4.32. The highest BCUT2D eigenvalue weighted by atomic mass is 16.4. The van der Waals surface area contributed by atoms with Gasteiger partial charge in [-0.3, -0.25) is 9.59 Å². The minimum absolute atomic E-state index is 0.140. The van der Waals surface area contributed by atoms with Crippen LogP contribution in [0.2, 0.25) is 0 Å². The summed E-state index contributed by atoms with van der Waals surface area (Å²) in [6.45, 7) is -0.152. The van der Waals surface area contributed by atoms with Crippen LogP contribution in [0, 0.1) is 5.92 Å². The molecule has 1 saturated carbocycles. The van der Waals surface area contributed by atoms with Crippen molar-refractivity contribution in [2.75, 3.05) is 13.6 Å². The number of rotatable bonds is 4. The summed E-state index contributed by atoms with van der Waals surface area (Å²) in [7, 11) is 1.46. The highest BCUT2D eigenvalue weighted by Crippen LogP contribution is 2.25. The molecule has 0 aromatic rings. The van der Waals surface area contributed by atoms with Gasteiger partial charge in [-0.25, -0.2) is 4.79 Å². The number of carboxylic acid groups (broad SMARTS) is 1. The molecule has 2 atom stereocenters. The number of primary amides is 1. The van der Waals surface area contributed by atoms with E-state index in [1.54, 1.807) is 0 Å². The molecule has 0 spiro atoms. The Labute approximate surface area is 98.9 Å². The normalized spacial score (nSPS) is 23.1. The van der Waals surface area contributed by atoms with E-state index >= 15 is 0 Å². The number of hydrogen-bond acceptors (Lipinski definition) is 3. The molecule has 1 fully saturated rings. The van der Waals surface area contributed by atoms with Crippen LogP contribution in [0.5, 0.6) is 0 Å². The molecule has 0 aromatic heterocycles. The molecule has 4 N–H and O–H groups in total. The molecule has 0 bridgehead atoms. The highest BCUT2D eigenvalue weighted by molar-refractivity contribution is 5.82. The molecule has 1 rings (SSSR count). The van der Waals surface area contributed by atoms with Gasteiger partial charge in [0.25, 0.3) is 0 Å². The van der Waals surface area contributed by atoms with Crippen molar-refractivity contribution in [3.05, 3.63) is 0 Å². The highest BCUT2D eigenvalue weighted by Gasteiger charge is 2.31. The minimum Gasteiger partial charge on any atom is -0.481 e. The van der Waals surface area contributed by atoms with Crippen molar-refractivity contribution < 1.29 is 19.5 Å². The number of amides is 3. The second-order valence-corrected chi connectivity index (χ2v) is 4.32. The molecule has 3 amide bonds. The van der Waals surface area contributed by atoms with Crippen molar-refractivity contribution >= 4 is 17.9 Å². The number of aliphatic carboxylic acids is 1. The van der Waals surface area contributed by atoms with E-state index in [0.717, 1.165) is 0 Å². The summed E-state index contributed by atoms with van der Waals surface area (Å²) in [5.41, 5.74) is 4.96. The molecule has 0 heterocycles. The van der Waals surface area contributed by atoms with Gasteiger partial charge >= 0.3 is 12.0 Å². The number of carboxylic acids is 1. The Morgan fingerprint density at radius 3 is 2.53 bits per heavy atom. The van der Waals surface area contributed by atoms with Gasteiger partial charge in [0.15, 0.2) is 0 Å². The Hall–Kier alpha value is -1.79. The predicted molar refractivity (Wildman–Crippen MR) is 59.1 cm³/mol. The van der Waals surface area contributed by atoms with E-state index in [-0.39, 0.29) is 18.5 Å². The first-order valence-corrected chi connectivity index (χ1v) is 5.43. The Balaban J connectivity index is 2.37. The molecule has 0 saturated heterocycles. The molecule has 0 aliphatic heterocycles. The number of urea groups is 1. The number of carbonyl (C=O) groups is 3. The predicted octanol–water partition coefficient (Wildman–Crippen LogP) is -0.634. The van der Waals surface area contributed by atoms with Crippen molar-refractivity contribution in [1.82, 2.24) is 10.2 Å². The van der Waals surface area contributed by atoms with E-state index < -0.39 is 17.9 Å². The average molecular weight is 243 g/mol. The third-order valence-electron chi connectivity index (χ3n) is 2.85. The lowest BCUT2D eigenvalue weighted by molar-refractivity contribution is -0.141. The molecule has 7 nitrogen and oxygen atoms in total. The number of nitrogens with one attached hydrogen (secondary N) is 1. The van der Waals surface area contributed by atoms with Crippen LogP contribution in [0.25, 0.3) is 0 Å². The average Bonchev–Trinajstić information content (AvgIpc) is 2.65. The maximum atomic E-state index is 11.6. The summed E-state index contributed by atoms with van der Waals surface area (Å²) in [5.74, 6) is -1.80. The smallest absolute Gasteiger partial charge is 0.317 e. The third kappa shape index (κ3) is 3.93. The molecule has 0 radical (unpaired) electrons. The lowest BCUT2D eigenvalue weighted by atomic mass is 10.1. The molecule has 7 heteroatoms. The van der Waals surface area contributed by atoms with Crippen LogP contribution in [0.4, 0.5) is 4.79 Å². The fourth-order valence-corrected chi connectivity index (χ4v) is 1.93. The zero-order valence-electron chi connectivity index (χ0n) is 9.68.